The molecule has 59 heavy (non-hydrogen) atoms. The number of ketones is 1. The van der Waals surface area contributed by atoms with Gasteiger partial charge in [-0.2, -0.15) is 0 Å². The van der Waals surface area contributed by atoms with Crippen molar-refractivity contribution >= 4 is 17.8 Å². The summed E-state index contributed by atoms with van der Waals surface area (Å²) in [5.74, 6) is 1.43. The third-order valence-electron chi connectivity index (χ3n) is 11.3. The van der Waals surface area contributed by atoms with Crippen LogP contribution in [0.25, 0.3) is 6.08 Å². The quantitative estimate of drug-likeness (QED) is 0.0191. The molecule has 0 saturated heterocycles. The van der Waals surface area contributed by atoms with Crippen molar-refractivity contribution in [1.82, 2.24) is 0 Å². The van der Waals surface area contributed by atoms with E-state index in [0.717, 1.165) is 36.5 Å². The average Bonchev–Trinajstić information content (AvgIpc) is 3.26. The minimum Gasteiger partial charge on any atom is -0.494 e. The van der Waals surface area contributed by atoms with Gasteiger partial charge in [0.1, 0.15) is 17.2 Å². The van der Waals surface area contributed by atoms with E-state index in [1.807, 2.05) is 36.4 Å². The first-order valence-corrected chi connectivity index (χ1v) is 24.1. The Morgan fingerprint density at radius 3 is 1.10 bits per heavy atom. The molecule has 0 aliphatic rings. The predicted molar refractivity (Wildman–Crippen MR) is 249 cm³/mol. The standard InChI is InChI=1S/C54H80O5/c1-3-5-7-9-11-13-15-17-19-21-23-25-27-29-45-57-50-38-31-47(32-39-50)33-44-53(55)48-34-42-52(43-35-48)59-54(56)49-36-40-51(41-37-49)58-46-30-28-26-24-22-20-18-16-14-12-10-8-6-4-2/h31-44H,3-30,45-46H2,1-2H3/b44-33+. The molecular weight excluding hydrogens is 729 g/mol. The number of allylic oxidation sites excluding steroid dienone is 1. The fraction of sp³-hybridized carbons (Fsp3) is 0.593. The largest absolute Gasteiger partial charge is 0.494 e. The predicted octanol–water partition coefficient (Wildman–Crippen LogP) is 16.5. The highest BCUT2D eigenvalue weighted by Crippen LogP contribution is 2.20. The van der Waals surface area contributed by atoms with E-state index in [1.165, 1.54) is 167 Å². The van der Waals surface area contributed by atoms with Crippen LogP contribution in [-0.2, 0) is 0 Å². The number of carbonyl (C=O) groups is 2. The van der Waals surface area contributed by atoms with Crippen LogP contribution in [0.1, 0.15) is 220 Å². The molecule has 3 aromatic rings. The summed E-state index contributed by atoms with van der Waals surface area (Å²) >= 11 is 0. The van der Waals surface area contributed by atoms with Crippen molar-refractivity contribution in [3.05, 3.63) is 95.6 Å². The number of carbonyl (C=O) groups excluding carboxylic acids is 2. The highest BCUT2D eigenvalue weighted by Gasteiger charge is 2.10. The second kappa shape index (κ2) is 33.9. The monoisotopic (exact) mass is 809 g/mol. The van der Waals surface area contributed by atoms with Crippen molar-refractivity contribution in [2.45, 2.75) is 194 Å². The molecule has 0 aliphatic carbocycles. The fourth-order valence-electron chi connectivity index (χ4n) is 7.46. The van der Waals surface area contributed by atoms with Crippen molar-refractivity contribution in [1.29, 1.82) is 0 Å². The zero-order valence-electron chi connectivity index (χ0n) is 37.3. The molecule has 3 rings (SSSR count). The first-order valence-electron chi connectivity index (χ1n) is 24.1. The maximum atomic E-state index is 12.8. The molecule has 0 aliphatic heterocycles. The number of rotatable bonds is 37. The van der Waals surface area contributed by atoms with Crippen molar-refractivity contribution in [3.63, 3.8) is 0 Å². The van der Waals surface area contributed by atoms with Crippen LogP contribution in [0.3, 0.4) is 0 Å². The lowest BCUT2D eigenvalue weighted by molar-refractivity contribution is 0.0734. The first-order chi connectivity index (χ1) is 29.1. The minimum atomic E-state index is -0.450. The van der Waals surface area contributed by atoms with E-state index in [0.29, 0.717) is 23.5 Å². The average molecular weight is 809 g/mol. The van der Waals surface area contributed by atoms with Gasteiger partial charge in [0, 0.05) is 5.56 Å². The first kappa shape index (κ1) is 49.5. The number of ether oxygens (including phenoxy) is 3. The van der Waals surface area contributed by atoms with Gasteiger partial charge in [-0.15, -0.1) is 0 Å². The van der Waals surface area contributed by atoms with E-state index in [2.05, 4.69) is 13.8 Å². The van der Waals surface area contributed by atoms with E-state index in [9.17, 15) is 9.59 Å². The summed E-state index contributed by atoms with van der Waals surface area (Å²) in [5.41, 5.74) is 1.90. The number of esters is 1. The molecule has 5 heteroatoms. The van der Waals surface area contributed by atoms with Gasteiger partial charge in [0.05, 0.1) is 18.8 Å². The van der Waals surface area contributed by atoms with Crippen molar-refractivity contribution < 1.29 is 23.8 Å². The van der Waals surface area contributed by atoms with Crippen molar-refractivity contribution in [2.75, 3.05) is 13.2 Å². The molecule has 0 N–H and O–H groups in total. The van der Waals surface area contributed by atoms with E-state index < -0.39 is 5.97 Å². The lowest BCUT2D eigenvalue weighted by Gasteiger charge is -2.08. The zero-order chi connectivity index (χ0) is 41.9. The maximum absolute atomic E-state index is 12.8. The van der Waals surface area contributed by atoms with Gasteiger partial charge in [-0.25, -0.2) is 4.79 Å². The Morgan fingerprint density at radius 1 is 0.390 bits per heavy atom. The van der Waals surface area contributed by atoms with Crippen molar-refractivity contribution in [3.8, 4) is 17.2 Å². The Balaban J connectivity index is 1.20. The SMILES string of the molecule is CCCCCCCCCCCCCCCCOc1ccc(/C=C/C(=O)c2ccc(OC(=O)c3ccc(OCCCCCCCCCCCCCCCC)cc3)cc2)cc1. The van der Waals surface area contributed by atoms with Crippen molar-refractivity contribution in [2.24, 2.45) is 0 Å². The highest BCUT2D eigenvalue weighted by atomic mass is 16.5. The van der Waals surface area contributed by atoms with Gasteiger partial charge in [-0.05, 0) is 85.1 Å². The topological polar surface area (TPSA) is 61.8 Å². The molecule has 0 fully saturated rings. The van der Waals surface area contributed by atoms with Crippen LogP contribution in [0.15, 0.2) is 78.9 Å². The van der Waals surface area contributed by atoms with Gasteiger partial charge in [0.25, 0.3) is 0 Å². The smallest absolute Gasteiger partial charge is 0.343 e. The highest BCUT2D eigenvalue weighted by molar-refractivity contribution is 6.06. The van der Waals surface area contributed by atoms with Gasteiger partial charge in [0.15, 0.2) is 5.78 Å². The molecule has 0 bridgehead atoms. The summed E-state index contributed by atoms with van der Waals surface area (Å²) in [5, 5.41) is 0. The molecule has 5 nitrogen and oxygen atoms in total. The summed E-state index contributed by atoms with van der Waals surface area (Å²) in [4.78, 5) is 25.6. The Kier molecular flexibility index (Phi) is 28.5. The fourth-order valence-corrected chi connectivity index (χ4v) is 7.46. The molecule has 0 spiro atoms. The summed E-state index contributed by atoms with van der Waals surface area (Å²) in [6, 6.07) is 21.6. The van der Waals surface area contributed by atoms with Crippen LogP contribution in [0.5, 0.6) is 17.2 Å². The molecule has 326 valence electrons. The van der Waals surface area contributed by atoms with Gasteiger partial charge < -0.3 is 14.2 Å². The van der Waals surface area contributed by atoms with Crippen LogP contribution in [-0.4, -0.2) is 25.0 Å². The summed E-state index contributed by atoms with van der Waals surface area (Å²) < 4.78 is 17.4. The van der Waals surface area contributed by atoms with Crippen LogP contribution < -0.4 is 14.2 Å². The van der Waals surface area contributed by atoms with E-state index >= 15 is 0 Å². The van der Waals surface area contributed by atoms with Crippen LogP contribution in [0.2, 0.25) is 0 Å². The maximum Gasteiger partial charge on any atom is 0.343 e. The number of benzene rings is 3. The third kappa shape index (κ3) is 24.7. The second-order valence-corrected chi connectivity index (χ2v) is 16.6. The zero-order valence-corrected chi connectivity index (χ0v) is 37.3. The summed E-state index contributed by atoms with van der Waals surface area (Å²) in [6.07, 6.45) is 40.9. The Bertz CT molecular complexity index is 1490. The van der Waals surface area contributed by atoms with Crippen LogP contribution >= 0.6 is 0 Å². The normalized spacial score (nSPS) is 11.3. The molecule has 0 amide bonds. The number of unbranched alkanes of at least 4 members (excludes halogenated alkanes) is 26. The summed E-state index contributed by atoms with van der Waals surface area (Å²) in [6.45, 7) is 5.97. The van der Waals surface area contributed by atoms with Gasteiger partial charge >= 0.3 is 5.97 Å². The minimum absolute atomic E-state index is 0.120. The third-order valence-corrected chi connectivity index (χ3v) is 11.3. The van der Waals surface area contributed by atoms with E-state index in [4.69, 9.17) is 14.2 Å². The lowest BCUT2D eigenvalue weighted by Crippen LogP contribution is -2.08. The second-order valence-electron chi connectivity index (χ2n) is 16.6. The molecule has 0 atom stereocenters. The van der Waals surface area contributed by atoms with Gasteiger partial charge in [0.2, 0.25) is 0 Å². The molecule has 0 saturated carbocycles. The van der Waals surface area contributed by atoms with Gasteiger partial charge in [-0.3, -0.25) is 4.79 Å². The number of hydrogen-bond donors (Lipinski definition) is 0. The van der Waals surface area contributed by atoms with Crippen LogP contribution in [0, 0.1) is 0 Å². The Hall–Kier alpha value is -3.86. The molecule has 0 unspecified atom stereocenters. The lowest BCUT2D eigenvalue weighted by atomic mass is 10.0. The molecule has 0 radical (unpaired) electrons. The Morgan fingerprint density at radius 2 is 0.712 bits per heavy atom. The molecule has 0 heterocycles. The van der Waals surface area contributed by atoms with E-state index in [-0.39, 0.29) is 5.78 Å². The Labute approximate surface area is 360 Å². The van der Waals surface area contributed by atoms with Crippen LogP contribution in [0.4, 0.5) is 0 Å². The number of hydrogen-bond acceptors (Lipinski definition) is 5. The molecular formula is C54H80O5. The molecule has 0 aromatic heterocycles. The van der Waals surface area contributed by atoms with E-state index in [1.54, 1.807) is 48.6 Å². The summed E-state index contributed by atoms with van der Waals surface area (Å²) in [7, 11) is 0. The molecule has 3 aromatic carbocycles. The van der Waals surface area contributed by atoms with Gasteiger partial charge in [-0.1, -0.05) is 199 Å².